The molecule has 0 saturated carbocycles. The van der Waals surface area contributed by atoms with Crippen LogP contribution in [0.5, 0.6) is 0 Å². The molecule has 2 aliphatic rings. The highest BCUT2D eigenvalue weighted by Gasteiger charge is 2.37. The lowest BCUT2D eigenvalue weighted by Gasteiger charge is -2.13. The summed E-state index contributed by atoms with van der Waals surface area (Å²) in [5.74, 6) is -0.384. The van der Waals surface area contributed by atoms with Gasteiger partial charge in [-0.3, -0.25) is 4.79 Å². The molecule has 2 amide bonds. The minimum Gasteiger partial charge on any atom is -0.447 e. The number of rotatable bonds is 3. The predicted molar refractivity (Wildman–Crippen MR) is 54.8 cm³/mol. The highest BCUT2D eigenvalue weighted by Crippen LogP contribution is 2.17. The summed E-state index contributed by atoms with van der Waals surface area (Å²) in [4.78, 5) is 29.0. The van der Waals surface area contributed by atoms with Crippen LogP contribution >= 0.6 is 0 Å². The van der Waals surface area contributed by atoms with Gasteiger partial charge in [-0.1, -0.05) is 11.2 Å². The molecule has 0 aromatic carbocycles. The number of oxime groups is 1. The van der Waals surface area contributed by atoms with E-state index in [2.05, 4.69) is 16.5 Å². The molecule has 1 atom stereocenters. The third-order valence-corrected chi connectivity index (χ3v) is 2.41. The van der Waals surface area contributed by atoms with Crippen molar-refractivity contribution in [3.63, 3.8) is 0 Å². The molecule has 0 spiro atoms. The van der Waals surface area contributed by atoms with Crippen LogP contribution < -0.4 is 0 Å². The number of hydrogen-bond donors (Lipinski definition) is 0. The highest BCUT2D eigenvalue weighted by molar-refractivity contribution is 5.99. The first-order chi connectivity index (χ1) is 7.72. The number of carbonyl (C=O) groups is 2. The molecule has 0 aromatic rings. The van der Waals surface area contributed by atoms with Crippen molar-refractivity contribution >= 4 is 17.7 Å². The van der Waals surface area contributed by atoms with Gasteiger partial charge in [0.05, 0.1) is 12.3 Å². The monoisotopic (exact) mass is 224 g/mol. The van der Waals surface area contributed by atoms with E-state index in [0.29, 0.717) is 12.8 Å². The number of ether oxygens (including phenoxy) is 1. The molecule has 2 rings (SSSR count). The Hall–Kier alpha value is -1.85. The molecule has 0 radical (unpaired) electrons. The number of cyclic esters (lactones) is 1. The second kappa shape index (κ2) is 4.34. The first-order valence-electron chi connectivity index (χ1n) is 5.03. The Balaban J connectivity index is 1.93. The molecule has 0 aliphatic carbocycles. The lowest BCUT2D eigenvalue weighted by molar-refractivity contribution is -0.138. The average Bonchev–Trinajstić information content (AvgIpc) is 2.87. The van der Waals surface area contributed by atoms with Crippen molar-refractivity contribution in [2.45, 2.75) is 18.9 Å². The molecular formula is C10H12N2O4. The van der Waals surface area contributed by atoms with E-state index in [1.807, 2.05) is 0 Å². The summed E-state index contributed by atoms with van der Waals surface area (Å²) in [6.45, 7) is 4.11. The summed E-state index contributed by atoms with van der Waals surface area (Å²) < 4.78 is 4.68. The van der Waals surface area contributed by atoms with Gasteiger partial charge in [-0.05, 0) is 0 Å². The molecule has 86 valence electrons. The number of imide groups is 1. The number of hydrogen-bond acceptors (Lipinski definition) is 5. The lowest BCUT2D eigenvalue weighted by Crippen LogP contribution is -2.39. The maximum absolute atomic E-state index is 11.8. The van der Waals surface area contributed by atoms with Crippen molar-refractivity contribution in [2.24, 2.45) is 5.16 Å². The molecule has 2 heterocycles. The van der Waals surface area contributed by atoms with Crippen LogP contribution in [0, 0.1) is 0 Å². The summed E-state index contributed by atoms with van der Waals surface area (Å²) in [6.07, 6.45) is 1.40. The first-order valence-corrected chi connectivity index (χ1v) is 5.03. The van der Waals surface area contributed by atoms with Crippen molar-refractivity contribution in [3.8, 4) is 0 Å². The smallest absolute Gasteiger partial charge is 0.416 e. The molecule has 16 heavy (non-hydrogen) atoms. The Morgan fingerprint density at radius 3 is 3.12 bits per heavy atom. The van der Waals surface area contributed by atoms with E-state index in [1.54, 1.807) is 6.08 Å². The summed E-state index contributed by atoms with van der Waals surface area (Å²) in [5, 5.41) is 3.77. The van der Waals surface area contributed by atoms with Crippen LogP contribution in [0.3, 0.4) is 0 Å². The predicted octanol–water partition coefficient (Wildman–Crippen LogP) is 0.686. The molecule has 1 saturated heterocycles. The fourth-order valence-corrected chi connectivity index (χ4v) is 1.61. The molecule has 0 aromatic heterocycles. The zero-order chi connectivity index (χ0) is 11.5. The molecule has 0 bridgehead atoms. The van der Waals surface area contributed by atoms with Crippen LogP contribution in [0.15, 0.2) is 17.8 Å². The number of nitrogens with zero attached hydrogens (tertiary/aromatic N) is 2. The quantitative estimate of drug-likeness (QED) is 0.661. The lowest BCUT2D eigenvalue weighted by atomic mass is 10.1. The van der Waals surface area contributed by atoms with Crippen LogP contribution in [-0.2, 0) is 14.4 Å². The minimum absolute atomic E-state index is 0.248. The SMILES string of the molecule is C=CCC1=NOC(C(=O)N2CCOC2=O)C1. The van der Waals surface area contributed by atoms with Crippen LogP contribution in [0.4, 0.5) is 4.79 Å². The van der Waals surface area contributed by atoms with Crippen molar-refractivity contribution in [2.75, 3.05) is 13.2 Å². The second-order valence-corrected chi connectivity index (χ2v) is 3.55. The van der Waals surface area contributed by atoms with Gasteiger partial charge < -0.3 is 9.57 Å². The maximum atomic E-state index is 11.8. The van der Waals surface area contributed by atoms with Gasteiger partial charge in [0.15, 0.2) is 0 Å². The Morgan fingerprint density at radius 1 is 1.69 bits per heavy atom. The van der Waals surface area contributed by atoms with E-state index in [-0.39, 0.29) is 19.1 Å². The first kappa shape index (κ1) is 10.7. The molecule has 1 fully saturated rings. The van der Waals surface area contributed by atoms with E-state index in [4.69, 9.17) is 4.84 Å². The minimum atomic E-state index is -0.694. The van der Waals surface area contributed by atoms with E-state index >= 15 is 0 Å². The fourth-order valence-electron chi connectivity index (χ4n) is 1.61. The third-order valence-electron chi connectivity index (χ3n) is 2.41. The van der Waals surface area contributed by atoms with E-state index in [0.717, 1.165) is 10.6 Å². The normalized spacial score (nSPS) is 23.8. The summed E-state index contributed by atoms with van der Waals surface area (Å²) in [7, 11) is 0. The molecular weight excluding hydrogens is 212 g/mol. The van der Waals surface area contributed by atoms with Crippen LogP contribution in [0.2, 0.25) is 0 Å². The van der Waals surface area contributed by atoms with Crippen molar-refractivity contribution in [1.82, 2.24) is 4.90 Å². The molecule has 0 N–H and O–H groups in total. The molecule has 6 heteroatoms. The largest absolute Gasteiger partial charge is 0.447 e. The summed E-state index contributed by atoms with van der Waals surface area (Å²) in [5.41, 5.74) is 0.765. The van der Waals surface area contributed by atoms with E-state index < -0.39 is 12.2 Å². The van der Waals surface area contributed by atoms with Gasteiger partial charge in [-0.25, -0.2) is 9.69 Å². The topological polar surface area (TPSA) is 68.2 Å². The summed E-state index contributed by atoms with van der Waals surface area (Å²) >= 11 is 0. The van der Waals surface area contributed by atoms with E-state index in [9.17, 15) is 9.59 Å². The Bertz CT molecular complexity index is 364. The number of amides is 2. The summed E-state index contributed by atoms with van der Waals surface area (Å²) in [6, 6.07) is 0. The van der Waals surface area contributed by atoms with Crippen molar-refractivity contribution in [1.29, 1.82) is 0 Å². The van der Waals surface area contributed by atoms with Crippen LogP contribution in [0.25, 0.3) is 0 Å². The zero-order valence-electron chi connectivity index (χ0n) is 8.72. The average molecular weight is 224 g/mol. The van der Waals surface area contributed by atoms with Crippen molar-refractivity contribution < 1.29 is 19.2 Å². The second-order valence-electron chi connectivity index (χ2n) is 3.55. The molecule has 2 aliphatic heterocycles. The Morgan fingerprint density at radius 2 is 2.50 bits per heavy atom. The van der Waals surface area contributed by atoms with Gasteiger partial charge in [0.2, 0.25) is 6.10 Å². The maximum Gasteiger partial charge on any atom is 0.416 e. The number of carbonyl (C=O) groups excluding carboxylic acids is 2. The van der Waals surface area contributed by atoms with Crippen LogP contribution in [0.1, 0.15) is 12.8 Å². The van der Waals surface area contributed by atoms with Crippen LogP contribution in [-0.4, -0.2) is 41.9 Å². The highest BCUT2D eigenvalue weighted by atomic mass is 16.6. The van der Waals surface area contributed by atoms with Gasteiger partial charge in [0.1, 0.15) is 6.61 Å². The fraction of sp³-hybridized carbons (Fsp3) is 0.500. The van der Waals surface area contributed by atoms with Gasteiger partial charge in [-0.15, -0.1) is 6.58 Å². The third kappa shape index (κ3) is 1.91. The Labute approximate surface area is 92.5 Å². The Kier molecular flexibility index (Phi) is 2.89. The van der Waals surface area contributed by atoms with Gasteiger partial charge in [0, 0.05) is 12.8 Å². The van der Waals surface area contributed by atoms with Gasteiger partial charge in [0.25, 0.3) is 5.91 Å². The van der Waals surface area contributed by atoms with E-state index in [1.165, 1.54) is 0 Å². The molecule has 1 unspecified atom stereocenters. The van der Waals surface area contributed by atoms with Gasteiger partial charge >= 0.3 is 6.09 Å². The zero-order valence-corrected chi connectivity index (χ0v) is 8.72. The number of allylic oxidation sites excluding steroid dienone is 1. The molecule has 6 nitrogen and oxygen atoms in total. The standard InChI is InChI=1S/C10H12N2O4/c1-2-3-7-6-8(16-11-7)9(13)12-4-5-15-10(12)14/h2,8H,1,3-6H2. The van der Waals surface area contributed by atoms with Gasteiger partial charge in [-0.2, -0.15) is 0 Å². The van der Waals surface area contributed by atoms with Crippen molar-refractivity contribution in [3.05, 3.63) is 12.7 Å².